The molecule has 688 valence electrons. The molecule has 0 bridgehead atoms. The first kappa shape index (κ1) is 102. The van der Waals surface area contributed by atoms with Gasteiger partial charge in [-0.15, -0.1) is 11.6 Å². The molecule has 6 aliphatic heterocycles. The van der Waals surface area contributed by atoms with Crippen LogP contribution in [0.3, 0.4) is 0 Å². The van der Waals surface area contributed by atoms with Crippen LogP contribution >= 0.6 is 81.2 Å². The number of pyridine rings is 2. The summed E-state index contributed by atoms with van der Waals surface area (Å²) in [4.78, 5) is 62.3. The van der Waals surface area contributed by atoms with Gasteiger partial charge in [-0.2, -0.15) is 0 Å². The van der Waals surface area contributed by atoms with E-state index in [9.17, 15) is 25.3 Å². The Morgan fingerprint density at radius 1 is 0.414 bits per heavy atom. The Labute approximate surface area is 782 Å². The second-order valence-corrected chi connectivity index (χ2v) is 40.7. The number of nitrogens with zero attached hydrogens (tertiary/aromatic N) is 17. The molecule has 0 atom stereocenters. The van der Waals surface area contributed by atoms with Crippen LogP contribution in [0.25, 0.3) is 11.3 Å². The number of benzene rings is 3. The molecule has 10 aromatic rings. The molecule has 6 aliphatic rings. The Hall–Kier alpha value is -8.42. The standard InChI is InChI=1S/C22H24ClN5O3S.C17H20ClN3O3S.C15H16ClN3O3S.C11H16BClN2O2.C9H11Cl2N3O.C9H12ClN3O2.CH4/c1-22(2,32(29,30)15-6-4-3-5-7-15)19-13-18(16-14-25-20(24)12-17(16)23)26-21(27-19)28-8-10-31-11-9-28;1-17(2,25(22,23)13-6-4-3-5-7-13)14-12-15(18)20-16(19-14)21-8-10-24-11-9-21;16-14-10-12(11-23(20,21)13-4-2-1-3-5-13)17-15(18-14)19-6-8-22-9-7-19;1-10(2)11(3,4)17-12(16-10)7-6-15-9(14)5-8(7)13;10-6-7-5-8(11)13-9(12-7)14-1-3-15-4-2-14;10-8-5-7(6-14)11-9(12-8)13-1-3-15-4-2-13;/h3-7,12-14H,8-11H2,1-2H3,(H2,24,25);3-7,12H,8-11H2,1-2H3;1-5,10H,6-9,11H2;5-6H,1-4H3,(H2,14,15);5H,1-4,6H2;5,14H,1-4,6H2;1H4. The van der Waals surface area contributed by atoms with E-state index in [2.05, 4.69) is 59.8 Å². The number of ether oxygens (including phenoxy) is 5. The molecule has 0 radical (unpaired) electrons. The van der Waals surface area contributed by atoms with Crippen molar-refractivity contribution in [3.8, 4) is 11.3 Å². The number of aliphatic hydroxyl groups excluding tert-OH is 1. The highest BCUT2D eigenvalue weighted by Gasteiger charge is 2.52. The summed E-state index contributed by atoms with van der Waals surface area (Å²) in [5, 5.41) is 11.1. The number of rotatable bonds is 18. The maximum Gasteiger partial charge on any atom is 0.497 e. The van der Waals surface area contributed by atoms with Crippen molar-refractivity contribution in [2.45, 2.75) is 116 Å². The molecule has 16 rings (SSSR count). The number of nitrogen functional groups attached to an aromatic ring is 2. The fraction of sp³-hybridized carbons (Fsp3) is 0.429. The van der Waals surface area contributed by atoms with Crippen LogP contribution in [-0.4, -0.2) is 240 Å². The normalized spacial score (nSPS) is 16.5. The zero-order chi connectivity index (χ0) is 91.5. The lowest BCUT2D eigenvalue weighted by molar-refractivity contribution is 0.00578. The molecule has 5 N–H and O–H groups in total. The predicted octanol–water partition coefficient (Wildman–Crippen LogP) is 12.4. The maximum atomic E-state index is 13.6. The van der Waals surface area contributed by atoms with Gasteiger partial charge in [0.25, 0.3) is 0 Å². The number of morpholine rings is 5. The third-order valence-corrected chi connectivity index (χ3v) is 29.3. The zero-order valence-electron chi connectivity index (χ0n) is 71.1. The van der Waals surface area contributed by atoms with Gasteiger partial charge in [-0.3, -0.25) is 0 Å². The van der Waals surface area contributed by atoms with Crippen molar-refractivity contribution < 1.29 is 63.4 Å². The minimum Gasteiger partial charge on any atom is -0.399 e. The average molecular weight is 1960 g/mol. The highest BCUT2D eigenvalue weighted by atomic mass is 35.5. The van der Waals surface area contributed by atoms with Gasteiger partial charge in [-0.05, 0) is 134 Å². The van der Waals surface area contributed by atoms with Gasteiger partial charge in [-0.1, -0.05) is 132 Å². The Balaban J connectivity index is 0.000000163. The van der Waals surface area contributed by atoms with E-state index < -0.39 is 46.1 Å². The van der Waals surface area contributed by atoms with Gasteiger partial charge in [0, 0.05) is 93.9 Å². The first-order valence-corrected chi connectivity index (χ1v) is 47.7. The summed E-state index contributed by atoms with van der Waals surface area (Å²) in [6.45, 7) is 27.5. The first-order valence-electron chi connectivity index (χ1n) is 40.3. The molecule has 0 spiro atoms. The predicted molar refractivity (Wildman–Crippen MR) is 500 cm³/mol. The van der Waals surface area contributed by atoms with E-state index in [1.807, 2.05) is 52.2 Å². The second kappa shape index (κ2) is 45.6. The largest absolute Gasteiger partial charge is 0.497 e. The SMILES string of the molecule is C.CC(C)(c1cc(-c2cnc(N)cc2Cl)nc(N2CCOCC2)n1)S(=O)(=O)c1ccccc1.CC(C)(c1cc(Cl)nc(N2CCOCC2)n1)S(=O)(=O)c1ccccc1.CC1(C)OB(c2cnc(N)cc2Cl)OC1(C)C.ClCc1cc(Cl)nc(N2CCOCC2)n1.O=S(=O)(Cc1cc(Cl)nc(N2CCOCC2)n1)c1ccccc1.OCc1cc(Cl)nc(N2CCOCC2)n1. The number of sulfone groups is 3. The average Bonchev–Trinajstić information content (AvgIpc) is 1.67. The third-order valence-electron chi connectivity index (χ3n) is 21.1. The van der Waals surface area contributed by atoms with E-state index in [4.69, 9.17) is 131 Å². The summed E-state index contributed by atoms with van der Waals surface area (Å²) in [5.74, 6) is 3.31. The zero-order valence-corrected chi connectivity index (χ0v) is 78.8. The lowest BCUT2D eigenvalue weighted by Crippen LogP contribution is -2.41. The van der Waals surface area contributed by atoms with E-state index in [-0.39, 0.29) is 61.8 Å². The van der Waals surface area contributed by atoms with Crippen molar-refractivity contribution in [1.82, 2.24) is 59.8 Å². The van der Waals surface area contributed by atoms with Crippen LogP contribution in [0.2, 0.25) is 30.7 Å². The minimum atomic E-state index is -3.76. The van der Waals surface area contributed by atoms with E-state index in [0.717, 1.165) is 31.9 Å². The van der Waals surface area contributed by atoms with Gasteiger partial charge in [0.15, 0.2) is 29.5 Å². The summed E-state index contributed by atoms with van der Waals surface area (Å²) in [5.41, 5.74) is 14.7. The Morgan fingerprint density at radius 3 is 1.11 bits per heavy atom. The van der Waals surface area contributed by atoms with Crippen molar-refractivity contribution in [2.75, 3.05) is 167 Å². The number of aromatic nitrogens is 12. The highest BCUT2D eigenvalue weighted by molar-refractivity contribution is 7.92. The quantitative estimate of drug-likeness (QED) is 0.0408. The molecule has 3 aromatic carbocycles. The number of alkyl halides is 1. The molecule has 0 saturated carbocycles. The topological polar surface area (TPSA) is 410 Å². The number of halogens is 7. The minimum absolute atomic E-state index is 0. The Morgan fingerprint density at radius 2 is 0.734 bits per heavy atom. The van der Waals surface area contributed by atoms with Crippen molar-refractivity contribution in [3.63, 3.8) is 0 Å². The highest BCUT2D eigenvalue weighted by Crippen LogP contribution is 2.41. The van der Waals surface area contributed by atoms with Crippen molar-refractivity contribution in [1.29, 1.82) is 0 Å². The third kappa shape index (κ3) is 26.5. The molecule has 6 saturated heterocycles. The Kier molecular flexibility index (Phi) is 36.2. The van der Waals surface area contributed by atoms with Crippen LogP contribution in [0, 0.1) is 0 Å². The number of aliphatic hydroxyl groups is 1. The fourth-order valence-electron chi connectivity index (χ4n) is 12.9. The van der Waals surface area contributed by atoms with E-state index >= 15 is 0 Å². The molecule has 0 aliphatic carbocycles. The fourth-order valence-corrected chi connectivity index (χ4v) is 18.6. The van der Waals surface area contributed by atoms with Crippen molar-refractivity contribution in [3.05, 3.63) is 205 Å². The van der Waals surface area contributed by atoms with Gasteiger partial charge in [0.1, 0.15) is 41.7 Å². The van der Waals surface area contributed by atoms with E-state index in [1.165, 1.54) is 18.3 Å². The molecule has 6 fully saturated rings. The van der Waals surface area contributed by atoms with Crippen LogP contribution in [-0.2, 0) is 90.2 Å². The molecule has 0 unspecified atom stereocenters. The summed E-state index contributed by atoms with van der Waals surface area (Å²) in [6.07, 6.45) is 3.13. The lowest BCUT2D eigenvalue weighted by Gasteiger charge is -2.32. The van der Waals surface area contributed by atoms with Gasteiger partial charge < -0.3 is 74.1 Å². The summed E-state index contributed by atoms with van der Waals surface area (Å²) >= 11 is 42.2. The molecule has 7 aromatic heterocycles. The number of anilines is 7. The second-order valence-electron chi connectivity index (χ2n) is 31.1. The van der Waals surface area contributed by atoms with E-state index in [1.54, 1.807) is 155 Å². The van der Waals surface area contributed by atoms with Gasteiger partial charge in [0.05, 0.1) is 149 Å². The Bertz CT molecular complexity index is 5630. The molecular weight excluding hydrogens is 1850 g/mol. The lowest BCUT2D eigenvalue weighted by atomic mass is 9.80. The van der Waals surface area contributed by atoms with Gasteiger partial charge in [-0.25, -0.2) is 85.1 Å². The van der Waals surface area contributed by atoms with Crippen LogP contribution in [0.5, 0.6) is 0 Å². The maximum absolute atomic E-state index is 13.6. The number of hydrogen-bond acceptors (Lipinski definition) is 33. The van der Waals surface area contributed by atoms with Crippen molar-refractivity contribution in [2.24, 2.45) is 0 Å². The summed E-state index contributed by atoms with van der Waals surface area (Å²) in [6, 6.07) is 36.1. The molecule has 33 nitrogen and oxygen atoms in total. The van der Waals surface area contributed by atoms with E-state index in [0.29, 0.717) is 207 Å². The molecule has 44 heteroatoms. The first-order chi connectivity index (χ1) is 60.4. The summed E-state index contributed by atoms with van der Waals surface area (Å²) in [7, 11) is -11.4. The molecular formula is C84H103BCl7N19O14S3. The summed E-state index contributed by atoms with van der Waals surface area (Å²) < 4.78 is 114. The molecule has 0 amide bonds. The van der Waals surface area contributed by atoms with Crippen molar-refractivity contribution >= 4 is 165 Å². The van der Waals surface area contributed by atoms with Gasteiger partial charge in [0.2, 0.25) is 29.7 Å². The van der Waals surface area contributed by atoms with Gasteiger partial charge >= 0.3 is 7.12 Å². The van der Waals surface area contributed by atoms with Crippen LogP contribution in [0.15, 0.2) is 161 Å². The van der Waals surface area contributed by atoms with Crippen LogP contribution in [0.4, 0.5) is 41.4 Å². The van der Waals surface area contributed by atoms with Crippen LogP contribution < -0.4 is 41.4 Å². The smallest absolute Gasteiger partial charge is 0.399 e. The number of hydrogen-bond donors (Lipinski definition) is 3. The molecule has 128 heavy (non-hydrogen) atoms. The molecule has 13 heterocycles. The number of nitrogens with two attached hydrogens (primary N) is 2. The monoisotopic (exact) mass is 1950 g/mol. The van der Waals surface area contributed by atoms with Crippen LogP contribution in [0.1, 0.15) is 91.3 Å².